The smallest absolute Gasteiger partial charge is 0.264 e. The van der Waals surface area contributed by atoms with Crippen LogP contribution in [0.4, 0.5) is 5.69 Å². The number of benzene rings is 4. The Balaban J connectivity index is 1.56. The summed E-state index contributed by atoms with van der Waals surface area (Å²) in [5.74, 6) is -0.792. The molecule has 1 aliphatic rings. The van der Waals surface area contributed by atoms with E-state index in [4.69, 9.17) is 11.6 Å². The van der Waals surface area contributed by atoms with Crippen molar-refractivity contribution in [3.63, 3.8) is 0 Å². The lowest BCUT2D eigenvalue weighted by Crippen LogP contribution is -2.55. The van der Waals surface area contributed by atoms with Gasteiger partial charge >= 0.3 is 0 Å². The molecule has 1 fully saturated rings. The molecule has 2 amide bonds. The summed E-state index contributed by atoms with van der Waals surface area (Å²) in [6.45, 7) is -0.501. The standard InChI is InChI=1S/C36H37BrClN3O4S/c37-29-20-22-31(23-21-29)41(46(44,45)32-17-8-3-9-18-32)26-35(42)40(25-28-14-10-11-19-33(28)38)34(24-27-12-4-1-5-13-27)36(43)39-30-15-6-2-7-16-30/h1,3-5,8-14,17-23,30,34H,2,6-7,15-16,24-26H2,(H,39,43)/t34-/m0/s1. The predicted molar refractivity (Wildman–Crippen MR) is 186 cm³/mol. The van der Waals surface area contributed by atoms with Crippen LogP contribution in [-0.2, 0) is 32.6 Å². The zero-order valence-electron chi connectivity index (χ0n) is 25.4. The van der Waals surface area contributed by atoms with Crippen LogP contribution in [-0.4, -0.2) is 43.8 Å². The fraction of sp³-hybridized carbons (Fsp3) is 0.278. The average molecular weight is 723 g/mol. The van der Waals surface area contributed by atoms with Gasteiger partial charge in [0.1, 0.15) is 12.6 Å². The summed E-state index contributed by atoms with van der Waals surface area (Å²) in [5, 5.41) is 3.67. The first-order valence-corrected chi connectivity index (χ1v) is 18.0. The van der Waals surface area contributed by atoms with E-state index in [1.165, 1.54) is 17.0 Å². The molecule has 0 bridgehead atoms. The number of rotatable bonds is 12. The van der Waals surface area contributed by atoms with E-state index in [2.05, 4.69) is 21.2 Å². The van der Waals surface area contributed by atoms with Crippen LogP contribution >= 0.6 is 27.5 Å². The van der Waals surface area contributed by atoms with Crippen LogP contribution in [0, 0.1) is 0 Å². The van der Waals surface area contributed by atoms with Gasteiger partial charge in [0.25, 0.3) is 10.0 Å². The summed E-state index contributed by atoms with van der Waals surface area (Å²) in [7, 11) is -4.16. The van der Waals surface area contributed by atoms with Crippen LogP contribution in [0.2, 0.25) is 5.02 Å². The van der Waals surface area contributed by atoms with Crippen molar-refractivity contribution in [1.82, 2.24) is 10.2 Å². The Bertz CT molecular complexity index is 1720. The fourth-order valence-corrected chi connectivity index (χ4v) is 7.66. The number of carbonyl (C=O) groups excluding carboxylic acids is 2. The third-order valence-electron chi connectivity index (χ3n) is 8.25. The Morgan fingerprint density at radius 1 is 0.826 bits per heavy atom. The van der Waals surface area contributed by atoms with E-state index in [0.29, 0.717) is 16.3 Å². The molecule has 0 radical (unpaired) electrons. The van der Waals surface area contributed by atoms with Gasteiger partial charge in [-0.3, -0.25) is 13.9 Å². The minimum Gasteiger partial charge on any atom is -0.352 e. The number of amides is 2. The second-order valence-electron chi connectivity index (χ2n) is 11.5. The first-order valence-electron chi connectivity index (χ1n) is 15.4. The highest BCUT2D eigenvalue weighted by molar-refractivity contribution is 9.10. The summed E-state index contributed by atoms with van der Waals surface area (Å²) < 4.78 is 30.0. The summed E-state index contributed by atoms with van der Waals surface area (Å²) >= 11 is 10.0. The summed E-state index contributed by atoms with van der Waals surface area (Å²) in [4.78, 5) is 30.3. The highest BCUT2D eigenvalue weighted by Crippen LogP contribution is 2.27. The molecule has 0 aliphatic heterocycles. The molecule has 1 saturated carbocycles. The Kier molecular flexibility index (Phi) is 11.5. The SMILES string of the molecule is O=C(NC1CCCCC1)[C@H](Cc1ccccc1)N(Cc1ccccc1Cl)C(=O)CN(c1ccc(Br)cc1)S(=O)(=O)c1ccccc1. The highest BCUT2D eigenvalue weighted by Gasteiger charge is 2.35. The second kappa shape index (κ2) is 15.8. The molecule has 0 aromatic heterocycles. The van der Waals surface area contributed by atoms with Gasteiger partial charge in [0.05, 0.1) is 10.6 Å². The number of sulfonamides is 1. The van der Waals surface area contributed by atoms with Crippen LogP contribution < -0.4 is 9.62 Å². The van der Waals surface area contributed by atoms with Crippen molar-refractivity contribution in [2.24, 2.45) is 0 Å². The van der Waals surface area contributed by atoms with Crippen molar-refractivity contribution in [1.29, 1.82) is 0 Å². The maximum atomic E-state index is 14.6. The van der Waals surface area contributed by atoms with Crippen molar-refractivity contribution in [3.8, 4) is 0 Å². The fourth-order valence-electron chi connectivity index (χ4n) is 5.76. The van der Waals surface area contributed by atoms with Crippen LogP contribution in [0.1, 0.15) is 43.2 Å². The Morgan fingerprint density at radius 2 is 1.43 bits per heavy atom. The third kappa shape index (κ3) is 8.57. The van der Waals surface area contributed by atoms with E-state index in [1.807, 2.05) is 42.5 Å². The molecule has 0 spiro atoms. The number of nitrogens with zero attached hydrogens (tertiary/aromatic N) is 2. The van der Waals surface area contributed by atoms with Crippen LogP contribution in [0.25, 0.3) is 0 Å². The molecule has 240 valence electrons. The summed E-state index contributed by atoms with van der Waals surface area (Å²) in [6.07, 6.45) is 5.23. The van der Waals surface area contributed by atoms with Gasteiger partial charge < -0.3 is 10.2 Å². The number of halogens is 2. The lowest BCUT2D eigenvalue weighted by atomic mass is 9.94. The Labute approximate surface area is 284 Å². The quantitative estimate of drug-likeness (QED) is 0.165. The molecule has 1 N–H and O–H groups in total. The Morgan fingerprint density at radius 3 is 2.09 bits per heavy atom. The van der Waals surface area contributed by atoms with Gasteiger partial charge in [-0.05, 0) is 66.4 Å². The van der Waals surface area contributed by atoms with Crippen LogP contribution in [0.3, 0.4) is 0 Å². The van der Waals surface area contributed by atoms with Gasteiger partial charge in [-0.2, -0.15) is 0 Å². The largest absolute Gasteiger partial charge is 0.352 e. The molecule has 4 aromatic rings. The van der Waals surface area contributed by atoms with Crippen LogP contribution in [0.15, 0.2) is 119 Å². The van der Waals surface area contributed by atoms with Crippen molar-refractivity contribution in [2.45, 2.75) is 62.0 Å². The van der Waals surface area contributed by atoms with Gasteiger partial charge in [0.15, 0.2) is 0 Å². The summed E-state index contributed by atoms with van der Waals surface area (Å²) in [5.41, 5.74) is 1.86. The van der Waals surface area contributed by atoms with E-state index in [1.54, 1.807) is 54.6 Å². The van der Waals surface area contributed by atoms with Gasteiger partial charge in [0.2, 0.25) is 11.8 Å². The zero-order chi connectivity index (χ0) is 32.5. The first kappa shape index (κ1) is 33.7. The van der Waals surface area contributed by atoms with E-state index in [-0.39, 0.29) is 29.8 Å². The highest BCUT2D eigenvalue weighted by atomic mass is 79.9. The molecular weight excluding hydrogens is 686 g/mol. The normalized spacial score (nSPS) is 14.3. The average Bonchev–Trinajstić information content (AvgIpc) is 3.07. The molecule has 46 heavy (non-hydrogen) atoms. The van der Waals surface area contributed by atoms with E-state index in [0.717, 1.165) is 46.4 Å². The molecule has 0 heterocycles. The minimum atomic E-state index is -4.16. The van der Waals surface area contributed by atoms with Gasteiger partial charge in [-0.25, -0.2) is 8.42 Å². The number of hydrogen-bond donors (Lipinski definition) is 1. The monoisotopic (exact) mass is 721 g/mol. The van der Waals surface area contributed by atoms with Gasteiger partial charge in [-0.15, -0.1) is 0 Å². The molecule has 4 aromatic carbocycles. The minimum absolute atomic E-state index is 0.0215. The number of carbonyl (C=O) groups is 2. The summed E-state index contributed by atoms with van der Waals surface area (Å²) in [6, 6.07) is 30.6. The van der Waals surface area contributed by atoms with Crippen molar-refractivity contribution in [3.05, 3.63) is 130 Å². The van der Waals surface area contributed by atoms with Crippen molar-refractivity contribution in [2.75, 3.05) is 10.8 Å². The molecule has 0 saturated heterocycles. The van der Waals surface area contributed by atoms with Gasteiger partial charge in [-0.1, -0.05) is 114 Å². The molecule has 5 rings (SSSR count). The number of hydrogen-bond acceptors (Lipinski definition) is 4. The van der Waals surface area contributed by atoms with E-state index in [9.17, 15) is 18.0 Å². The van der Waals surface area contributed by atoms with Crippen LogP contribution in [0.5, 0.6) is 0 Å². The van der Waals surface area contributed by atoms with E-state index >= 15 is 0 Å². The number of anilines is 1. The molecule has 7 nitrogen and oxygen atoms in total. The molecule has 1 atom stereocenters. The second-order valence-corrected chi connectivity index (χ2v) is 14.6. The van der Waals surface area contributed by atoms with Crippen molar-refractivity contribution >= 4 is 55.1 Å². The topological polar surface area (TPSA) is 86.8 Å². The zero-order valence-corrected chi connectivity index (χ0v) is 28.6. The maximum absolute atomic E-state index is 14.6. The lowest BCUT2D eigenvalue weighted by molar-refractivity contribution is -0.140. The van der Waals surface area contributed by atoms with Gasteiger partial charge in [0, 0.05) is 28.5 Å². The predicted octanol–water partition coefficient (Wildman–Crippen LogP) is 7.39. The molecule has 0 unspecified atom stereocenters. The van der Waals surface area contributed by atoms with Crippen molar-refractivity contribution < 1.29 is 18.0 Å². The maximum Gasteiger partial charge on any atom is 0.264 e. The first-order chi connectivity index (χ1) is 22.2. The molecule has 1 aliphatic carbocycles. The Hall–Kier alpha value is -3.66. The number of nitrogens with one attached hydrogen (secondary N) is 1. The lowest BCUT2D eigenvalue weighted by Gasteiger charge is -2.35. The molecular formula is C36H37BrClN3O4S. The molecule has 10 heteroatoms. The third-order valence-corrected chi connectivity index (χ3v) is 10.9. The van der Waals surface area contributed by atoms with E-state index < -0.39 is 28.5 Å².